The van der Waals surface area contributed by atoms with Gasteiger partial charge < -0.3 is 10.2 Å². The molecule has 88 valence electrons. The summed E-state index contributed by atoms with van der Waals surface area (Å²) in [7, 11) is 5.78. The quantitative estimate of drug-likeness (QED) is 0.694. The molecule has 0 rings (SSSR count). The largest absolute Gasteiger partial charge is 0.359 e. The van der Waals surface area contributed by atoms with Crippen LogP contribution in [0, 0.1) is 0 Å². The van der Waals surface area contributed by atoms with Gasteiger partial charge in [0.15, 0.2) is 0 Å². The number of rotatable bonds is 6. The van der Waals surface area contributed by atoms with Crippen LogP contribution >= 0.6 is 11.8 Å². The van der Waals surface area contributed by atoms with Crippen molar-refractivity contribution in [3.05, 3.63) is 0 Å². The molecule has 0 aromatic heterocycles. The van der Waals surface area contributed by atoms with E-state index >= 15 is 0 Å². The Balaban J connectivity index is -0.000000605. The smallest absolute Gasteiger partial charge is 0.220 e. The molecule has 0 aromatic carbocycles. The number of amides is 1. The second-order valence-corrected chi connectivity index (χ2v) is 4.06. The fraction of sp³-hybridized carbons (Fsp3) is 0.900. The van der Waals surface area contributed by atoms with Crippen LogP contribution in [0.1, 0.15) is 21.3 Å². The van der Waals surface area contributed by atoms with Gasteiger partial charge >= 0.3 is 0 Å². The predicted molar refractivity (Wildman–Crippen MR) is 68.0 cm³/mol. The summed E-state index contributed by atoms with van der Waals surface area (Å²) in [6.45, 7) is 1.08. The highest BCUT2D eigenvalue weighted by molar-refractivity contribution is 7.99. The number of nitrogens with one attached hydrogen (secondary N) is 1. The van der Waals surface area contributed by atoms with Gasteiger partial charge in [-0.3, -0.25) is 4.79 Å². The van der Waals surface area contributed by atoms with Crippen LogP contribution < -0.4 is 5.32 Å². The molecule has 1 N–H and O–H groups in total. The van der Waals surface area contributed by atoms with Gasteiger partial charge in [0.05, 0.1) is 0 Å². The first-order valence-electron chi connectivity index (χ1n) is 4.10. The maximum Gasteiger partial charge on any atom is 0.220 e. The molecule has 0 radical (unpaired) electrons. The molecule has 0 saturated heterocycles. The summed E-state index contributed by atoms with van der Waals surface area (Å²) in [5, 5.41) is 2.60. The van der Waals surface area contributed by atoms with Gasteiger partial charge in [-0.05, 0) is 14.1 Å². The molecule has 3 nitrogen and oxygen atoms in total. The van der Waals surface area contributed by atoms with Crippen LogP contribution in [0.15, 0.2) is 0 Å². The summed E-state index contributed by atoms with van der Waals surface area (Å²) in [4.78, 5) is 12.9. The van der Waals surface area contributed by atoms with E-state index in [1.165, 1.54) is 0 Å². The molecule has 0 atom stereocenters. The van der Waals surface area contributed by atoms with Gasteiger partial charge in [0, 0.05) is 31.5 Å². The van der Waals surface area contributed by atoms with E-state index in [-0.39, 0.29) is 20.8 Å². The van der Waals surface area contributed by atoms with Crippen molar-refractivity contribution in [2.45, 2.75) is 21.3 Å². The van der Waals surface area contributed by atoms with Crippen molar-refractivity contribution >= 4 is 17.7 Å². The standard InChI is InChI=1S/C8H18N2OS.2CH4/c1-9-8(11)4-6-12-7-5-10(2)3;;/h4-7H2,1-3H3,(H,9,11);2*1H4. The minimum Gasteiger partial charge on any atom is -0.359 e. The fourth-order valence-electron chi connectivity index (χ4n) is 0.639. The summed E-state index contributed by atoms with van der Waals surface area (Å²) < 4.78 is 0. The van der Waals surface area contributed by atoms with Crippen molar-refractivity contribution in [1.29, 1.82) is 0 Å². The normalized spacial score (nSPS) is 8.86. The Labute approximate surface area is 93.6 Å². The molecule has 0 spiro atoms. The molecule has 0 aliphatic heterocycles. The third kappa shape index (κ3) is 14.3. The lowest BCUT2D eigenvalue weighted by Crippen LogP contribution is -2.19. The second-order valence-electron chi connectivity index (χ2n) is 2.84. The summed E-state index contributed by atoms with van der Waals surface area (Å²) in [5.74, 6) is 2.16. The van der Waals surface area contributed by atoms with Crippen molar-refractivity contribution in [3.8, 4) is 0 Å². The van der Waals surface area contributed by atoms with Crippen molar-refractivity contribution in [3.63, 3.8) is 0 Å². The highest BCUT2D eigenvalue weighted by Crippen LogP contribution is 2.01. The molecule has 0 bridgehead atoms. The summed E-state index contributed by atoms with van der Waals surface area (Å²) >= 11 is 1.82. The Bertz CT molecular complexity index is 129. The van der Waals surface area contributed by atoms with Crippen molar-refractivity contribution < 1.29 is 4.79 Å². The Kier molecular flexibility index (Phi) is 17.7. The third-order valence-corrected chi connectivity index (χ3v) is 2.40. The first-order chi connectivity index (χ1) is 5.66. The first-order valence-corrected chi connectivity index (χ1v) is 5.25. The minimum absolute atomic E-state index is 0. The Hall–Kier alpha value is -0.220. The van der Waals surface area contributed by atoms with Gasteiger partial charge in [0.2, 0.25) is 5.91 Å². The Morgan fingerprint density at radius 2 is 1.86 bits per heavy atom. The van der Waals surface area contributed by atoms with Gasteiger partial charge in [-0.15, -0.1) is 0 Å². The van der Waals surface area contributed by atoms with E-state index in [2.05, 4.69) is 24.3 Å². The van der Waals surface area contributed by atoms with Crippen LogP contribution in [-0.4, -0.2) is 50.0 Å². The molecule has 14 heavy (non-hydrogen) atoms. The van der Waals surface area contributed by atoms with E-state index in [1.54, 1.807) is 7.05 Å². The number of hydrogen-bond acceptors (Lipinski definition) is 3. The molecule has 0 aromatic rings. The molecule has 1 amide bonds. The van der Waals surface area contributed by atoms with Crippen molar-refractivity contribution in [1.82, 2.24) is 10.2 Å². The SMILES string of the molecule is C.C.CNC(=O)CCSCCN(C)C. The van der Waals surface area contributed by atoms with E-state index < -0.39 is 0 Å². The van der Waals surface area contributed by atoms with Crippen molar-refractivity contribution in [2.24, 2.45) is 0 Å². The van der Waals surface area contributed by atoms with Gasteiger partial charge in [-0.25, -0.2) is 0 Å². The minimum atomic E-state index is 0. The molecule has 0 fully saturated rings. The van der Waals surface area contributed by atoms with Crippen LogP contribution in [0.3, 0.4) is 0 Å². The Morgan fingerprint density at radius 3 is 2.29 bits per heavy atom. The lowest BCUT2D eigenvalue weighted by Gasteiger charge is -2.07. The highest BCUT2D eigenvalue weighted by atomic mass is 32.2. The van der Waals surface area contributed by atoms with Gasteiger partial charge in [-0.1, -0.05) is 14.9 Å². The highest BCUT2D eigenvalue weighted by Gasteiger charge is 1.97. The summed E-state index contributed by atoms with van der Waals surface area (Å²) in [6, 6.07) is 0. The molecular weight excluding hydrogens is 196 g/mol. The molecule has 4 heteroatoms. The first kappa shape index (κ1) is 19.4. The van der Waals surface area contributed by atoms with Gasteiger partial charge in [0.1, 0.15) is 0 Å². The van der Waals surface area contributed by atoms with E-state index in [0.29, 0.717) is 6.42 Å². The maximum absolute atomic E-state index is 10.8. The van der Waals surface area contributed by atoms with Crippen LogP contribution in [0.2, 0.25) is 0 Å². The van der Waals surface area contributed by atoms with E-state index in [0.717, 1.165) is 18.1 Å². The number of carbonyl (C=O) groups excluding carboxylic acids is 1. The van der Waals surface area contributed by atoms with Crippen LogP contribution in [-0.2, 0) is 4.79 Å². The number of hydrogen-bond donors (Lipinski definition) is 1. The second kappa shape index (κ2) is 12.8. The molecular formula is C10H26N2OS. The number of carbonyl (C=O) groups is 1. The molecule has 0 saturated carbocycles. The van der Waals surface area contributed by atoms with Gasteiger partial charge in [-0.2, -0.15) is 11.8 Å². The molecule has 0 aliphatic rings. The maximum atomic E-state index is 10.8. The zero-order valence-electron chi connectivity index (χ0n) is 8.09. The van der Waals surface area contributed by atoms with E-state index in [9.17, 15) is 4.79 Å². The zero-order chi connectivity index (χ0) is 9.40. The lowest BCUT2D eigenvalue weighted by atomic mass is 10.5. The van der Waals surface area contributed by atoms with Crippen LogP contribution in [0.5, 0.6) is 0 Å². The van der Waals surface area contributed by atoms with E-state index in [4.69, 9.17) is 0 Å². The number of thioether (sulfide) groups is 1. The summed E-state index contributed by atoms with van der Waals surface area (Å²) in [6.07, 6.45) is 0.634. The zero-order valence-corrected chi connectivity index (χ0v) is 8.91. The predicted octanol–water partition coefficient (Wildman–Crippen LogP) is 1.69. The van der Waals surface area contributed by atoms with Crippen molar-refractivity contribution in [2.75, 3.05) is 39.2 Å². The Morgan fingerprint density at radius 1 is 1.29 bits per heavy atom. The number of nitrogens with zero attached hydrogens (tertiary/aromatic N) is 1. The fourth-order valence-corrected chi connectivity index (χ4v) is 1.67. The lowest BCUT2D eigenvalue weighted by molar-refractivity contribution is -0.120. The average molecular weight is 222 g/mol. The van der Waals surface area contributed by atoms with Gasteiger partial charge in [0.25, 0.3) is 0 Å². The molecule has 0 unspecified atom stereocenters. The van der Waals surface area contributed by atoms with E-state index in [1.807, 2.05) is 11.8 Å². The average Bonchev–Trinajstić information content (AvgIpc) is 2.03. The third-order valence-electron chi connectivity index (χ3n) is 1.44. The molecule has 0 aliphatic carbocycles. The molecule has 0 heterocycles. The topological polar surface area (TPSA) is 32.3 Å². The monoisotopic (exact) mass is 222 g/mol. The van der Waals surface area contributed by atoms with Crippen LogP contribution in [0.25, 0.3) is 0 Å². The summed E-state index contributed by atoms with van der Waals surface area (Å²) in [5.41, 5.74) is 0. The van der Waals surface area contributed by atoms with Crippen LogP contribution in [0.4, 0.5) is 0 Å².